The van der Waals surface area contributed by atoms with E-state index in [4.69, 9.17) is 5.11 Å². The first kappa shape index (κ1) is 12.0. The monoisotopic (exact) mass is 233 g/mol. The largest absolute Gasteiger partial charge is 0.478 e. The molecule has 1 aliphatic rings. The van der Waals surface area contributed by atoms with Crippen LogP contribution >= 0.6 is 0 Å². The fourth-order valence-corrected chi connectivity index (χ4v) is 2.51. The highest BCUT2D eigenvalue weighted by molar-refractivity contribution is 5.87. The Morgan fingerprint density at radius 3 is 2.59 bits per heavy atom. The SMILES string of the molecule is CC1CCCC1CNc1ccc(C(=O)O)cc1. The summed E-state index contributed by atoms with van der Waals surface area (Å²) < 4.78 is 0. The molecule has 1 aromatic carbocycles. The summed E-state index contributed by atoms with van der Waals surface area (Å²) in [4.78, 5) is 10.7. The van der Waals surface area contributed by atoms with Gasteiger partial charge in [-0.05, 0) is 42.5 Å². The molecule has 0 bridgehead atoms. The number of aromatic carboxylic acids is 1. The molecule has 0 spiro atoms. The van der Waals surface area contributed by atoms with Crippen molar-refractivity contribution in [2.75, 3.05) is 11.9 Å². The van der Waals surface area contributed by atoms with E-state index in [1.165, 1.54) is 19.3 Å². The zero-order chi connectivity index (χ0) is 12.3. The Labute approximate surface area is 102 Å². The Morgan fingerprint density at radius 1 is 1.35 bits per heavy atom. The summed E-state index contributed by atoms with van der Waals surface area (Å²) in [6, 6.07) is 6.96. The van der Waals surface area contributed by atoms with Crippen molar-refractivity contribution in [2.24, 2.45) is 11.8 Å². The molecule has 3 nitrogen and oxygen atoms in total. The third-order valence-electron chi connectivity index (χ3n) is 3.74. The number of carbonyl (C=O) groups is 1. The van der Waals surface area contributed by atoms with Gasteiger partial charge in [0.15, 0.2) is 0 Å². The van der Waals surface area contributed by atoms with Crippen molar-refractivity contribution in [3.05, 3.63) is 29.8 Å². The summed E-state index contributed by atoms with van der Waals surface area (Å²) >= 11 is 0. The van der Waals surface area contributed by atoms with Crippen molar-refractivity contribution in [2.45, 2.75) is 26.2 Å². The number of carboxylic acid groups (broad SMARTS) is 1. The van der Waals surface area contributed by atoms with Crippen LogP contribution in [0, 0.1) is 11.8 Å². The standard InChI is InChI=1S/C14H19NO2/c1-10-3-2-4-12(10)9-15-13-7-5-11(6-8-13)14(16)17/h5-8,10,12,15H,2-4,9H2,1H3,(H,16,17). The van der Waals surface area contributed by atoms with Crippen LogP contribution in [0.2, 0.25) is 0 Å². The lowest BCUT2D eigenvalue weighted by Crippen LogP contribution is -2.16. The average Bonchev–Trinajstić information content (AvgIpc) is 2.73. The molecule has 1 saturated carbocycles. The molecule has 2 unspecified atom stereocenters. The molecular formula is C14H19NO2. The van der Waals surface area contributed by atoms with Crippen LogP contribution in [0.3, 0.4) is 0 Å². The average molecular weight is 233 g/mol. The smallest absolute Gasteiger partial charge is 0.335 e. The predicted molar refractivity (Wildman–Crippen MR) is 68.4 cm³/mol. The lowest BCUT2D eigenvalue weighted by atomic mass is 9.98. The van der Waals surface area contributed by atoms with Gasteiger partial charge in [-0.15, -0.1) is 0 Å². The lowest BCUT2D eigenvalue weighted by Gasteiger charge is -2.16. The highest BCUT2D eigenvalue weighted by Gasteiger charge is 2.22. The number of hydrogen-bond acceptors (Lipinski definition) is 2. The Hall–Kier alpha value is -1.51. The third-order valence-corrected chi connectivity index (χ3v) is 3.74. The maximum Gasteiger partial charge on any atom is 0.335 e. The second-order valence-corrected chi connectivity index (χ2v) is 4.93. The second kappa shape index (κ2) is 5.21. The van der Waals surface area contributed by atoms with Gasteiger partial charge in [0, 0.05) is 12.2 Å². The lowest BCUT2D eigenvalue weighted by molar-refractivity contribution is 0.0697. The predicted octanol–water partition coefficient (Wildman–Crippen LogP) is 3.23. The van der Waals surface area contributed by atoms with Crippen molar-refractivity contribution < 1.29 is 9.90 Å². The maximum absolute atomic E-state index is 10.7. The van der Waals surface area contributed by atoms with E-state index in [0.29, 0.717) is 5.56 Å². The molecule has 0 saturated heterocycles. The quantitative estimate of drug-likeness (QED) is 0.839. The first-order valence-electron chi connectivity index (χ1n) is 6.24. The fourth-order valence-electron chi connectivity index (χ4n) is 2.51. The number of anilines is 1. The van der Waals surface area contributed by atoms with E-state index in [1.54, 1.807) is 12.1 Å². The van der Waals surface area contributed by atoms with E-state index in [1.807, 2.05) is 12.1 Å². The van der Waals surface area contributed by atoms with Crippen molar-refractivity contribution in [3.63, 3.8) is 0 Å². The molecule has 0 radical (unpaired) electrons. The Kier molecular flexibility index (Phi) is 3.67. The third kappa shape index (κ3) is 2.99. The van der Waals surface area contributed by atoms with Gasteiger partial charge in [-0.3, -0.25) is 0 Å². The highest BCUT2D eigenvalue weighted by atomic mass is 16.4. The van der Waals surface area contributed by atoms with Crippen molar-refractivity contribution >= 4 is 11.7 Å². The first-order valence-corrected chi connectivity index (χ1v) is 6.24. The number of benzene rings is 1. The van der Waals surface area contributed by atoms with Crippen molar-refractivity contribution in [1.29, 1.82) is 0 Å². The number of hydrogen-bond donors (Lipinski definition) is 2. The summed E-state index contributed by atoms with van der Waals surface area (Å²) in [6.45, 7) is 3.31. The summed E-state index contributed by atoms with van der Waals surface area (Å²) in [7, 11) is 0. The molecule has 0 heterocycles. The minimum atomic E-state index is -0.874. The number of rotatable bonds is 4. The summed E-state index contributed by atoms with van der Waals surface area (Å²) in [6.07, 6.45) is 3.98. The Morgan fingerprint density at radius 2 is 2.06 bits per heavy atom. The highest BCUT2D eigenvalue weighted by Crippen LogP contribution is 2.31. The van der Waals surface area contributed by atoms with Crippen LogP contribution in [-0.2, 0) is 0 Å². The van der Waals surface area contributed by atoms with Gasteiger partial charge in [0.1, 0.15) is 0 Å². The Balaban J connectivity index is 1.88. The minimum absolute atomic E-state index is 0.338. The van der Waals surface area contributed by atoms with Gasteiger partial charge in [0.2, 0.25) is 0 Å². The minimum Gasteiger partial charge on any atom is -0.478 e. The number of nitrogens with one attached hydrogen (secondary N) is 1. The van der Waals surface area contributed by atoms with E-state index in [9.17, 15) is 4.79 Å². The van der Waals surface area contributed by atoms with Gasteiger partial charge in [-0.25, -0.2) is 4.79 Å². The zero-order valence-corrected chi connectivity index (χ0v) is 10.1. The van der Waals surface area contributed by atoms with E-state index in [2.05, 4.69) is 12.2 Å². The molecule has 0 aromatic heterocycles. The fraction of sp³-hybridized carbons (Fsp3) is 0.500. The van der Waals surface area contributed by atoms with Crippen molar-refractivity contribution in [1.82, 2.24) is 0 Å². The van der Waals surface area contributed by atoms with Crippen LogP contribution in [0.25, 0.3) is 0 Å². The molecule has 2 N–H and O–H groups in total. The molecule has 3 heteroatoms. The first-order chi connectivity index (χ1) is 8.16. The summed E-state index contributed by atoms with van der Waals surface area (Å²) in [5.74, 6) is 0.691. The zero-order valence-electron chi connectivity index (χ0n) is 10.1. The van der Waals surface area contributed by atoms with Gasteiger partial charge in [-0.1, -0.05) is 19.8 Å². The molecule has 2 rings (SSSR count). The summed E-state index contributed by atoms with van der Waals surface area (Å²) in [5, 5.41) is 12.2. The molecule has 92 valence electrons. The van der Waals surface area contributed by atoms with Crippen molar-refractivity contribution in [3.8, 4) is 0 Å². The normalized spacial score (nSPS) is 23.6. The molecule has 1 aromatic rings. The molecular weight excluding hydrogens is 214 g/mol. The van der Waals surface area contributed by atoms with Crippen LogP contribution in [0.4, 0.5) is 5.69 Å². The molecule has 2 atom stereocenters. The van der Waals surface area contributed by atoms with Gasteiger partial charge in [-0.2, -0.15) is 0 Å². The Bertz CT molecular complexity index is 386. The molecule has 0 aliphatic heterocycles. The van der Waals surface area contributed by atoms with Gasteiger partial charge in [0.05, 0.1) is 5.56 Å². The summed E-state index contributed by atoms with van der Waals surface area (Å²) in [5.41, 5.74) is 1.35. The van der Waals surface area contributed by atoms with Crippen LogP contribution in [-0.4, -0.2) is 17.6 Å². The molecule has 1 fully saturated rings. The van der Waals surface area contributed by atoms with E-state index in [-0.39, 0.29) is 0 Å². The maximum atomic E-state index is 10.7. The van der Waals surface area contributed by atoms with E-state index < -0.39 is 5.97 Å². The molecule has 17 heavy (non-hydrogen) atoms. The van der Waals surface area contributed by atoms with Gasteiger partial charge >= 0.3 is 5.97 Å². The van der Waals surface area contributed by atoms with E-state index in [0.717, 1.165) is 24.1 Å². The second-order valence-electron chi connectivity index (χ2n) is 4.93. The number of carboxylic acids is 1. The topological polar surface area (TPSA) is 49.3 Å². The van der Waals surface area contributed by atoms with Gasteiger partial charge < -0.3 is 10.4 Å². The van der Waals surface area contributed by atoms with Crippen LogP contribution in [0.5, 0.6) is 0 Å². The van der Waals surface area contributed by atoms with Gasteiger partial charge in [0.25, 0.3) is 0 Å². The van der Waals surface area contributed by atoms with Crippen LogP contribution < -0.4 is 5.32 Å². The molecule has 0 amide bonds. The van der Waals surface area contributed by atoms with E-state index >= 15 is 0 Å². The molecule has 1 aliphatic carbocycles. The van der Waals surface area contributed by atoms with Crippen LogP contribution in [0.15, 0.2) is 24.3 Å². The van der Waals surface area contributed by atoms with Crippen LogP contribution in [0.1, 0.15) is 36.5 Å².